The molecule has 2 aromatic heterocycles. The van der Waals surface area contributed by atoms with Crippen molar-refractivity contribution in [2.75, 3.05) is 13.2 Å². The van der Waals surface area contributed by atoms with E-state index in [1.165, 1.54) is 6.07 Å². The molecule has 8 nitrogen and oxygen atoms in total. The summed E-state index contributed by atoms with van der Waals surface area (Å²) in [6.07, 6.45) is 5.83. The molecule has 262 valence electrons. The Balaban J connectivity index is 1.24. The number of halogens is 3. The van der Waals surface area contributed by atoms with Crippen molar-refractivity contribution in [1.29, 1.82) is 0 Å². The van der Waals surface area contributed by atoms with Gasteiger partial charge < -0.3 is 18.8 Å². The Hall–Kier alpha value is -4.68. The van der Waals surface area contributed by atoms with Gasteiger partial charge in [0.05, 0.1) is 18.7 Å². The Morgan fingerprint density at radius 1 is 1.06 bits per heavy atom. The van der Waals surface area contributed by atoms with Crippen molar-refractivity contribution in [2.24, 2.45) is 0 Å². The van der Waals surface area contributed by atoms with E-state index in [1.54, 1.807) is 64.8 Å². The first-order valence-corrected chi connectivity index (χ1v) is 20.5. The van der Waals surface area contributed by atoms with Crippen LogP contribution in [0.2, 0.25) is 25.7 Å². The Morgan fingerprint density at radius 3 is 2.66 bits per heavy atom. The normalized spacial score (nSPS) is 13.2. The summed E-state index contributed by atoms with van der Waals surface area (Å²) in [5.74, 6) is -2.29. The van der Waals surface area contributed by atoms with Crippen molar-refractivity contribution in [1.82, 2.24) is 19.3 Å². The van der Waals surface area contributed by atoms with Gasteiger partial charge in [0.2, 0.25) is 0 Å². The molecule has 0 spiro atoms. The zero-order chi connectivity index (χ0) is 35.6. The second-order valence-corrected chi connectivity index (χ2v) is 19.3. The summed E-state index contributed by atoms with van der Waals surface area (Å²) in [7, 11) is -1.27. The highest BCUT2D eigenvalue weighted by Crippen LogP contribution is 2.37. The molecule has 12 heteroatoms. The van der Waals surface area contributed by atoms with Crippen molar-refractivity contribution >= 4 is 31.0 Å². The van der Waals surface area contributed by atoms with Crippen LogP contribution in [0.5, 0.6) is 11.5 Å². The van der Waals surface area contributed by atoms with Gasteiger partial charge in [0.1, 0.15) is 18.3 Å². The molecule has 0 bridgehead atoms. The zero-order valence-electron chi connectivity index (χ0n) is 28.9. The highest BCUT2D eigenvalue weighted by atomic mass is 28.3. The highest BCUT2D eigenvalue weighted by Gasteiger charge is 2.25. The number of allylic oxidation sites excluding steroid dienone is 1. The number of benzene rings is 3. The van der Waals surface area contributed by atoms with Gasteiger partial charge in [-0.25, -0.2) is 22.8 Å². The van der Waals surface area contributed by atoms with Crippen molar-refractivity contribution in [3.8, 4) is 22.9 Å². The second-order valence-electron chi connectivity index (χ2n) is 13.6. The number of carbonyl (C=O) groups excluding carboxylic acids is 1. The lowest BCUT2D eigenvalue weighted by molar-refractivity contribution is -0.143. The maximum Gasteiger partial charge on any atom is 0.306 e. The average molecular weight is 703 g/mol. The van der Waals surface area contributed by atoms with Gasteiger partial charge >= 0.3 is 5.97 Å². The molecule has 50 heavy (non-hydrogen) atoms. The molecule has 1 atom stereocenters. The Kier molecular flexibility index (Phi) is 10.3. The molecule has 0 radical (unpaired) electrons. The smallest absolute Gasteiger partial charge is 0.306 e. The maximum absolute atomic E-state index is 15.7. The molecule has 3 heterocycles. The molecule has 1 unspecified atom stereocenters. The molecular weight excluding hydrogens is 662 g/mol. The van der Waals surface area contributed by atoms with E-state index >= 15 is 13.2 Å². The molecule has 3 aromatic carbocycles. The summed E-state index contributed by atoms with van der Waals surface area (Å²) < 4.78 is 66.9. The van der Waals surface area contributed by atoms with Crippen LogP contribution in [-0.4, -0.2) is 46.6 Å². The van der Waals surface area contributed by atoms with E-state index < -0.39 is 37.2 Å². The molecule has 0 saturated heterocycles. The standard InChI is InChI=1S/C38H41F3N4O4Si/c1-6-48-33(46)15-13-26-9-7-11-28(34(26)40)24(2)37-42-38-30-21-27(14-12-25(30)10-8-17-45(38)43-37)49-36-31(39)22-32-29(35(36)41)16-18-44(32)23-47-19-20-50(3,4)5/h7-12,14,16,18,21-22,24H,6,13,15,17,19-20,23H2,1-5H3. The van der Waals surface area contributed by atoms with E-state index in [1.807, 2.05) is 19.1 Å². The first-order chi connectivity index (χ1) is 23.9. The predicted octanol–water partition coefficient (Wildman–Crippen LogP) is 9.10. The molecule has 1 aliphatic rings. The Morgan fingerprint density at radius 2 is 1.88 bits per heavy atom. The van der Waals surface area contributed by atoms with Gasteiger partial charge in [0, 0.05) is 50.2 Å². The molecular formula is C38H41F3N4O4Si. The third-order valence-corrected chi connectivity index (χ3v) is 10.5. The number of esters is 1. The first kappa shape index (κ1) is 35.2. The van der Waals surface area contributed by atoms with Crippen molar-refractivity contribution in [2.45, 2.75) is 71.6 Å². The van der Waals surface area contributed by atoms with E-state index in [-0.39, 0.29) is 43.3 Å². The second kappa shape index (κ2) is 14.7. The Bertz CT molecular complexity index is 2070. The van der Waals surface area contributed by atoms with Gasteiger partial charge in [-0.3, -0.25) is 4.79 Å². The lowest BCUT2D eigenvalue weighted by Gasteiger charge is -2.16. The topological polar surface area (TPSA) is 80.4 Å². The van der Waals surface area contributed by atoms with Gasteiger partial charge in [0.15, 0.2) is 29.0 Å². The lowest BCUT2D eigenvalue weighted by Crippen LogP contribution is -2.21. The van der Waals surface area contributed by atoms with Crippen LogP contribution in [0.15, 0.2) is 60.8 Å². The van der Waals surface area contributed by atoms with Gasteiger partial charge in [-0.15, -0.1) is 0 Å². The van der Waals surface area contributed by atoms with Gasteiger partial charge in [-0.1, -0.05) is 63.0 Å². The van der Waals surface area contributed by atoms with Gasteiger partial charge in [-0.05, 0) is 54.3 Å². The molecule has 5 aromatic rings. The number of carbonyl (C=O) groups is 1. The molecule has 6 rings (SSSR count). The summed E-state index contributed by atoms with van der Waals surface area (Å²) in [5.41, 5.74) is 2.67. The minimum Gasteiger partial charge on any atom is -0.466 e. The van der Waals surface area contributed by atoms with E-state index in [2.05, 4.69) is 19.6 Å². The number of hydrogen-bond donors (Lipinski definition) is 0. The molecule has 1 aliphatic heterocycles. The Labute approximate surface area is 290 Å². The van der Waals surface area contributed by atoms with Crippen LogP contribution in [0, 0.1) is 17.5 Å². The molecule has 0 aliphatic carbocycles. The van der Waals surface area contributed by atoms with Crippen LogP contribution in [-0.2, 0) is 34.0 Å². The summed E-state index contributed by atoms with van der Waals surface area (Å²) in [5, 5.41) is 4.94. The number of hydrogen-bond acceptors (Lipinski definition) is 6. The monoisotopic (exact) mass is 702 g/mol. The van der Waals surface area contributed by atoms with Crippen molar-refractivity contribution < 1.29 is 32.2 Å². The summed E-state index contributed by atoms with van der Waals surface area (Å²) in [6.45, 7) is 11.8. The molecule has 0 fully saturated rings. The minimum atomic E-state index is -1.27. The zero-order valence-corrected chi connectivity index (χ0v) is 29.9. The van der Waals surface area contributed by atoms with Gasteiger partial charge in [0.25, 0.3) is 0 Å². The highest BCUT2D eigenvalue weighted by molar-refractivity contribution is 6.76. The van der Waals surface area contributed by atoms with E-state index in [0.29, 0.717) is 47.0 Å². The largest absolute Gasteiger partial charge is 0.466 e. The molecule has 0 amide bonds. The minimum absolute atomic E-state index is 0.0788. The van der Waals surface area contributed by atoms with Crippen molar-refractivity contribution in [3.63, 3.8) is 0 Å². The van der Waals surface area contributed by atoms with E-state index in [9.17, 15) is 4.79 Å². The third-order valence-electron chi connectivity index (χ3n) is 8.77. The average Bonchev–Trinajstić information content (AvgIpc) is 3.64. The summed E-state index contributed by atoms with van der Waals surface area (Å²) >= 11 is 0. The number of aryl methyl sites for hydroxylation is 1. The van der Waals surface area contributed by atoms with Crippen LogP contribution < -0.4 is 4.74 Å². The fraction of sp³-hybridized carbons (Fsp3) is 0.342. The van der Waals surface area contributed by atoms with Crippen LogP contribution >= 0.6 is 0 Å². The fourth-order valence-corrected chi connectivity index (χ4v) is 6.69. The number of rotatable bonds is 13. The maximum atomic E-state index is 15.7. The summed E-state index contributed by atoms with van der Waals surface area (Å²) in [4.78, 5) is 16.7. The van der Waals surface area contributed by atoms with Crippen molar-refractivity contribution in [3.05, 3.63) is 101 Å². The van der Waals surface area contributed by atoms with Crippen LogP contribution in [0.25, 0.3) is 28.4 Å². The third kappa shape index (κ3) is 7.56. The van der Waals surface area contributed by atoms with E-state index in [0.717, 1.165) is 11.6 Å². The van der Waals surface area contributed by atoms with E-state index in [4.69, 9.17) is 24.3 Å². The van der Waals surface area contributed by atoms with Crippen LogP contribution in [0.3, 0.4) is 0 Å². The molecule has 0 N–H and O–H groups in total. The number of ether oxygens (including phenoxy) is 3. The number of nitrogens with zero attached hydrogens (tertiary/aromatic N) is 4. The molecule has 0 saturated carbocycles. The quantitative estimate of drug-likeness (QED) is 0.0692. The lowest BCUT2D eigenvalue weighted by atomic mass is 9.96. The number of fused-ring (bicyclic) bond motifs is 4. The fourth-order valence-electron chi connectivity index (χ4n) is 5.93. The predicted molar refractivity (Wildman–Crippen MR) is 189 cm³/mol. The van der Waals surface area contributed by atoms with Crippen LogP contribution in [0.4, 0.5) is 13.2 Å². The summed E-state index contributed by atoms with van der Waals surface area (Å²) in [6, 6.07) is 14.1. The number of aromatic nitrogens is 4. The van der Waals surface area contributed by atoms with Gasteiger partial charge in [-0.2, -0.15) is 5.10 Å². The van der Waals surface area contributed by atoms with Crippen LogP contribution in [0.1, 0.15) is 48.7 Å². The first-order valence-electron chi connectivity index (χ1n) is 16.8. The SMILES string of the molecule is CCOC(=O)CCc1cccc(C(C)c2nc3n(n2)CC=Cc2ccc(Oc4c(F)cc5c(ccn5COCC[Si](C)(C)C)c4F)cc2-3)c1F.